The highest BCUT2D eigenvalue weighted by atomic mass is 15.1. The van der Waals surface area contributed by atoms with Gasteiger partial charge in [0.2, 0.25) is 0 Å². The minimum Gasteiger partial charge on any atom is -0.310 e. The van der Waals surface area contributed by atoms with Gasteiger partial charge in [-0.05, 0) is 126 Å². The highest BCUT2D eigenvalue weighted by Crippen LogP contribution is 2.64. The molecule has 276 valence electrons. The average molecular weight is 734 g/mol. The monoisotopic (exact) mass is 733 g/mol. The van der Waals surface area contributed by atoms with Crippen LogP contribution < -0.4 is 4.90 Å². The molecule has 0 fully saturated rings. The van der Waals surface area contributed by atoms with Gasteiger partial charge in [-0.15, -0.1) is 0 Å². The van der Waals surface area contributed by atoms with Crippen molar-refractivity contribution >= 4 is 22.6 Å². The summed E-state index contributed by atoms with van der Waals surface area (Å²) in [7, 11) is 0. The molecule has 1 heteroatoms. The van der Waals surface area contributed by atoms with Crippen LogP contribution in [0.5, 0.6) is 0 Å². The van der Waals surface area contributed by atoms with E-state index in [-0.39, 0.29) is 10.8 Å². The third-order valence-corrected chi connectivity index (χ3v) is 13.5. The molecule has 0 radical (unpaired) electrons. The number of nitrogens with zero attached hydrogens (tertiary/aromatic N) is 1. The molecule has 57 heavy (non-hydrogen) atoms. The van der Waals surface area contributed by atoms with E-state index < -0.39 is 5.41 Å². The van der Waals surface area contributed by atoms with Gasteiger partial charge in [0.25, 0.3) is 0 Å². The Morgan fingerprint density at radius 2 is 1.04 bits per heavy atom. The van der Waals surface area contributed by atoms with E-state index in [0.29, 0.717) is 0 Å². The second-order valence-electron chi connectivity index (χ2n) is 18.0. The Morgan fingerprint density at radius 1 is 0.491 bits per heavy atom. The molecule has 11 rings (SSSR count). The Labute approximate surface area is 337 Å². The second-order valence-corrected chi connectivity index (χ2v) is 18.0. The van der Waals surface area contributed by atoms with Gasteiger partial charge in [0.15, 0.2) is 0 Å². The zero-order valence-corrected chi connectivity index (χ0v) is 33.5. The van der Waals surface area contributed by atoms with Crippen molar-refractivity contribution < 1.29 is 0 Å². The van der Waals surface area contributed by atoms with Crippen LogP contribution in [0.2, 0.25) is 0 Å². The van der Waals surface area contributed by atoms with E-state index in [1.165, 1.54) is 94.8 Å². The van der Waals surface area contributed by atoms with Crippen molar-refractivity contribution in [3.63, 3.8) is 0 Å². The van der Waals surface area contributed by atoms with Crippen LogP contribution in [-0.2, 0) is 16.2 Å². The molecular formula is C56H47N. The molecule has 0 N–H and O–H groups in total. The van der Waals surface area contributed by atoms with Crippen LogP contribution in [0.1, 0.15) is 86.4 Å². The first-order valence-electron chi connectivity index (χ1n) is 20.7. The molecule has 0 saturated heterocycles. The fraction of sp³-hybridized carbons (Fsp3) is 0.179. The first-order valence-corrected chi connectivity index (χ1v) is 20.7. The predicted molar refractivity (Wildman–Crippen MR) is 240 cm³/mol. The normalized spacial score (nSPS) is 16.2. The van der Waals surface area contributed by atoms with Crippen molar-refractivity contribution in [2.45, 2.75) is 63.7 Å². The van der Waals surface area contributed by atoms with Crippen molar-refractivity contribution in [1.29, 1.82) is 0 Å². The molecule has 0 bridgehead atoms. The fourth-order valence-corrected chi connectivity index (χ4v) is 10.8. The summed E-state index contributed by atoms with van der Waals surface area (Å²) in [6.45, 7) is 11.8. The SMILES string of the molecule is CC(C)(C)c1ccc2c(c1)C1(c3ccccc3-c3ccccc31)c1cc(N(c3ccc4c(c3)C(C)(C)C3=C4CCC=C3)c3ccccc3-c3ccccc3)ccc1-2. The van der Waals surface area contributed by atoms with E-state index in [1.807, 2.05) is 0 Å². The highest BCUT2D eigenvalue weighted by molar-refractivity contribution is 5.97. The Morgan fingerprint density at radius 3 is 1.72 bits per heavy atom. The first-order chi connectivity index (χ1) is 27.7. The number of hydrogen-bond donors (Lipinski definition) is 0. The van der Waals surface area contributed by atoms with Gasteiger partial charge in [0.05, 0.1) is 11.1 Å². The number of fused-ring (bicyclic) bond motifs is 12. The van der Waals surface area contributed by atoms with Crippen molar-refractivity contribution in [3.05, 3.63) is 214 Å². The van der Waals surface area contributed by atoms with Crippen molar-refractivity contribution in [2.24, 2.45) is 0 Å². The van der Waals surface area contributed by atoms with Crippen LogP contribution in [0.3, 0.4) is 0 Å². The molecule has 0 unspecified atom stereocenters. The molecule has 0 aromatic heterocycles. The van der Waals surface area contributed by atoms with Crippen LogP contribution in [0.25, 0.3) is 39.0 Å². The van der Waals surface area contributed by atoms with Gasteiger partial charge in [-0.25, -0.2) is 0 Å². The fourth-order valence-electron chi connectivity index (χ4n) is 10.8. The molecule has 1 nitrogen and oxygen atoms in total. The summed E-state index contributed by atoms with van der Waals surface area (Å²) in [6.07, 6.45) is 6.96. The number of para-hydroxylation sites is 1. The van der Waals surface area contributed by atoms with E-state index >= 15 is 0 Å². The van der Waals surface area contributed by atoms with Crippen LogP contribution in [-0.4, -0.2) is 0 Å². The lowest BCUT2D eigenvalue weighted by Crippen LogP contribution is -2.27. The summed E-state index contributed by atoms with van der Waals surface area (Å²) in [5.74, 6) is 0. The third kappa shape index (κ3) is 4.75. The maximum absolute atomic E-state index is 2.54. The lowest BCUT2D eigenvalue weighted by Gasteiger charge is -2.33. The number of hydrogen-bond acceptors (Lipinski definition) is 1. The molecule has 4 aliphatic rings. The van der Waals surface area contributed by atoms with Crippen LogP contribution in [0, 0.1) is 0 Å². The molecule has 7 aromatic rings. The Bertz CT molecular complexity index is 2810. The molecule has 0 amide bonds. The van der Waals surface area contributed by atoms with Crippen LogP contribution in [0.4, 0.5) is 17.1 Å². The van der Waals surface area contributed by atoms with Gasteiger partial charge in [0.1, 0.15) is 0 Å². The smallest absolute Gasteiger partial charge is 0.0726 e. The van der Waals surface area contributed by atoms with Crippen molar-refractivity contribution in [2.75, 3.05) is 4.90 Å². The number of allylic oxidation sites excluding steroid dienone is 4. The van der Waals surface area contributed by atoms with E-state index in [4.69, 9.17) is 0 Å². The van der Waals surface area contributed by atoms with Crippen molar-refractivity contribution in [3.8, 4) is 33.4 Å². The second kappa shape index (κ2) is 12.2. The standard InChI is InChI=1S/C56H47N/c1-54(2,3)37-27-30-45-46-32-29-39(35-52(46)56(51(45)33-37)48-24-14-10-21-42(48)43-22-11-15-25-49(43)56)57(53-26-16-12-19-40(53)36-17-7-6-8-18-36)38-28-31-44-41-20-9-13-23-47(41)55(4,5)50(44)34-38/h6-8,10-19,21-35H,9,20H2,1-5H3. The van der Waals surface area contributed by atoms with Gasteiger partial charge in [-0.3, -0.25) is 0 Å². The molecule has 0 aliphatic heterocycles. The molecule has 7 aromatic carbocycles. The maximum Gasteiger partial charge on any atom is 0.0726 e. The highest BCUT2D eigenvalue weighted by Gasteiger charge is 2.52. The van der Waals surface area contributed by atoms with Gasteiger partial charge in [0, 0.05) is 22.4 Å². The quantitative estimate of drug-likeness (QED) is 0.174. The van der Waals surface area contributed by atoms with Crippen LogP contribution >= 0.6 is 0 Å². The lowest BCUT2D eigenvalue weighted by molar-refractivity contribution is 0.588. The Hall–Kier alpha value is -6.18. The number of benzene rings is 7. The van der Waals surface area contributed by atoms with Gasteiger partial charge in [-0.2, -0.15) is 0 Å². The molecule has 1 spiro atoms. The molecule has 0 atom stereocenters. The van der Waals surface area contributed by atoms with Crippen molar-refractivity contribution in [1.82, 2.24) is 0 Å². The number of anilines is 3. The Kier molecular flexibility index (Phi) is 7.27. The van der Waals surface area contributed by atoms with Gasteiger partial charge >= 0.3 is 0 Å². The van der Waals surface area contributed by atoms with E-state index in [9.17, 15) is 0 Å². The lowest BCUT2D eigenvalue weighted by atomic mass is 9.69. The first kappa shape index (κ1) is 34.1. The molecule has 4 aliphatic carbocycles. The van der Waals surface area contributed by atoms with E-state index in [0.717, 1.165) is 18.5 Å². The minimum atomic E-state index is -0.449. The summed E-state index contributed by atoms with van der Waals surface area (Å²) in [6, 6.07) is 60.0. The summed E-state index contributed by atoms with van der Waals surface area (Å²) >= 11 is 0. The largest absolute Gasteiger partial charge is 0.310 e. The Balaban J connectivity index is 1.20. The topological polar surface area (TPSA) is 3.24 Å². The predicted octanol–water partition coefficient (Wildman–Crippen LogP) is 14.9. The summed E-state index contributed by atoms with van der Waals surface area (Å²) in [5, 5.41) is 0. The van der Waals surface area contributed by atoms with Gasteiger partial charge in [-0.1, -0.05) is 174 Å². The minimum absolute atomic E-state index is 0.0109. The summed E-state index contributed by atoms with van der Waals surface area (Å²) in [5.41, 5.74) is 23.4. The van der Waals surface area contributed by atoms with Crippen LogP contribution in [0.15, 0.2) is 175 Å². The molecule has 0 saturated carbocycles. The average Bonchev–Trinajstić information content (AvgIpc) is 3.79. The summed E-state index contributed by atoms with van der Waals surface area (Å²) in [4.78, 5) is 2.54. The van der Waals surface area contributed by atoms with Gasteiger partial charge < -0.3 is 4.90 Å². The molecule has 0 heterocycles. The summed E-state index contributed by atoms with van der Waals surface area (Å²) < 4.78 is 0. The zero-order chi connectivity index (χ0) is 38.7. The molecular weight excluding hydrogens is 687 g/mol. The zero-order valence-electron chi connectivity index (χ0n) is 33.5. The van der Waals surface area contributed by atoms with E-state index in [1.54, 1.807) is 0 Å². The number of rotatable bonds is 4. The van der Waals surface area contributed by atoms with E-state index in [2.05, 4.69) is 209 Å². The maximum atomic E-state index is 2.54. The third-order valence-electron chi connectivity index (χ3n) is 13.5.